The zero-order valence-electron chi connectivity index (χ0n) is 17.5. The number of hydrogen-bond donors (Lipinski definition) is 2. The van der Waals surface area contributed by atoms with Gasteiger partial charge in [-0.1, -0.05) is 17.7 Å². The summed E-state index contributed by atoms with van der Waals surface area (Å²) in [4.78, 5) is 16.2. The second-order valence-corrected chi connectivity index (χ2v) is 8.26. The molecule has 1 amide bonds. The van der Waals surface area contributed by atoms with Gasteiger partial charge in [-0.05, 0) is 69.0 Å². The zero-order valence-corrected chi connectivity index (χ0v) is 17.5. The number of aryl methyl sites for hydroxylation is 1. The van der Waals surface area contributed by atoms with Gasteiger partial charge < -0.3 is 10.6 Å². The van der Waals surface area contributed by atoms with E-state index in [1.807, 2.05) is 19.1 Å². The van der Waals surface area contributed by atoms with Crippen LogP contribution >= 0.6 is 0 Å². The number of aromatic nitrogens is 1. The standard InChI is InChI=1S/C24H23F4N3O/c1-14-5-7-15(8-6-14)23(32)30-18-4-2-3-17(12-18)29-21-13-22(24(26,27)28)31-20-10-9-16(25)11-19(20)21/h5-11,13,17-18H,2-4,12H2,1H3,(H,29,31)(H,30,32). The molecule has 32 heavy (non-hydrogen) atoms. The maximum absolute atomic E-state index is 13.8. The Morgan fingerprint density at radius 2 is 1.75 bits per heavy atom. The van der Waals surface area contributed by atoms with Crippen LogP contribution in [0.5, 0.6) is 0 Å². The van der Waals surface area contributed by atoms with Gasteiger partial charge >= 0.3 is 6.18 Å². The zero-order chi connectivity index (χ0) is 22.9. The van der Waals surface area contributed by atoms with Crippen molar-refractivity contribution in [2.75, 3.05) is 5.32 Å². The number of fused-ring (bicyclic) bond motifs is 1. The minimum Gasteiger partial charge on any atom is -0.382 e. The molecule has 1 aliphatic rings. The van der Waals surface area contributed by atoms with Gasteiger partial charge in [-0.2, -0.15) is 13.2 Å². The van der Waals surface area contributed by atoms with Crippen LogP contribution in [0, 0.1) is 12.7 Å². The minimum absolute atomic E-state index is 0.0729. The molecule has 1 aromatic heterocycles. The average Bonchev–Trinajstić information content (AvgIpc) is 2.74. The maximum Gasteiger partial charge on any atom is 0.433 e. The van der Waals surface area contributed by atoms with Gasteiger partial charge in [0.15, 0.2) is 0 Å². The van der Waals surface area contributed by atoms with Crippen molar-refractivity contribution in [2.45, 2.75) is 50.9 Å². The summed E-state index contributed by atoms with van der Waals surface area (Å²) in [6.45, 7) is 1.94. The van der Waals surface area contributed by atoms with Crippen molar-refractivity contribution >= 4 is 22.5 Å². The molecule has 0 spiro atoms. The number of rotatable bonds is 4. The quantitative estimate of drug-likeness (QED) is 0.495. The molecular weight excluding hydrogens is 422 g/mol. The summed E-state index contributed by atoms with van der Waals surface area (Å²) < 4.78 is 53.8. The minimum atomic E-state index is -4.61. The summed E-state index contributed by atoms with van der Waals surface area (Å²) in [5, 5.41) is 6.47. The summed E-state index contributed by atoms with van der Waals surface area (Å²) in [5.41, 5.74) is 0.860. The van der Waals surface area contributed by atoms with E-state index < -0.39 is 17.7 Å². The molecule has 0 saturated heterocycles. The number of nitrogens with zero attached hydrogens (tertiary/aromatic N) is 1. The van der Waals surface area contributed by atoms with Gasteiger partial charge in [0.05, 0.1) is 5.52 Å². The van der Waals surface area contributed by atoms with Gasteiger partial charge in [0, 0.05) is 28.7 Å². The first-order chi connectivity index (χ1) is 15.2. The van der Waals surface area contributed by atoms with Crippen LogP contribution in [-0.2, 0) is 6.18 Å². The van der Waals surface area contributed by atoms with Gasteiger partial charge in [0.25, 0.3) is 5.91 Å². The SMILES string of the molecule is Cc1ccc(C(=O)NC2CCCC(Nc3cc(C(F)(F)F)nc4ccc(F)cc34)C2)cc1. The van der Waals surface area contributed by atoms with Gasteiger partial charge in [-0.15, -0.1) is 0 Å². The van der Waals surface area contributed by atoms with E-state index in [-0.39, 0.29) is 29.2 Å². The molecule has 1 heterocycles. The summed E-state index contributed by atoms with van der Waals surface area (Å²) in [6.07, 6.45) is -1.74. The fraction of sp³-hybridized carbons (Fsp3) is 0.333. The number of benzene rings is 2. The van der Waals surface area contributed by atoms with Crippen molar-refractivity contribution in [3.05, 3.63) is 71.2 Å². The van der Waals surface area contributed by atoms with E-state index in [1.54, 1.807) is 12.1 Å². The Hall–Kier alpha value is -3.16. The number of nitrogens with one attached hydrogen (secondary N) is 2. The number of pyridine rings is 1. The van der Waals surface area contributed by atoms with Crippen LogP contribution in [0.3, 0.4) is 0 Å². The summed E-state index contributed by atoms with van der Waals surface area (Å²) in [6, 6.07) is 11.4. The molecule has 4 nitrogen and oxygen atoms in total. The lowest BCUT2D eigenvalue weighted by Crippen LogP contribution is -2.41. The highest BCUT2D eigenvalue weighted by atomic mass is 19.4. The predicted octanol–water partition coefficient (Wildman–Crippen LogP) is 5.85. The highest BCUT2D eigenvalue weighted by Gasteiger charge is 2.34. The lowest BCUT2D eigenvalue weighted by molar-refractivity contribution is -0.140. The number of anilines is 1. The lowest BCUT2D eigenvalue weighted by atomic mass is 9.90. The fourth-order valence-electron chi connectivity index (χ4n) is 4.11. The Labute approximate surface area is 183 Å². The molecule has 4 rings (SSSR count). The normalized spacial score (nSPS) is 19.0. The molecule has 8 heteroatoms. The third kappa shape index (κ3) is 5.00. The van der Waals surface area contributed by atoms with Crippen LogP contribution in [0.1, 0.15) is 47.3 Å². The third-order valence-corrected chi connectivity index (χ3v) is 5.74. The smallest absolute Gasteiger partial charge is 0.382 e. The summed E-state index contributed by atoms with van der Waals surface area (Å²) >= 11 is 0. The molecule has 1 fully saturated rings. The van der Waals surface area contributed by atoms with Gasteiger partial charge in [-0.3, -0.25) is 4.79 Å². The topological polar surface area (TPSA) is 54.0 Å². The molecule has 2 N–H and O–H groups in total. The predicted molar refractivity (Wildman–Crippen MR) is 115 cm³/mol. The van der Waals surface area contributed by atoms with Crippen molar-refractivity contribution in [3.8, 4) is 0 Å². The fourth-order valence-corrected chi connectivity index (χ4v) is 4.11. The molecule has 2 unspecified atom stereocenters. The second-order valence-electron chi connectivity index (χ2n) is 8.26. The lowest BCUT2D eigenvalue weighted by Gasteiger charge is -2.31. The molecule has 1 aliphatic carbocycles. The highest BCUT2D eigenvalue weighted by Crippen LogP contribution is 2.34. The van der Waals surface area contributed by atoms with Crippen molar-refractivity contribution in [1.82, 2.24) is 10.3 Å². The molecule has 1 saturated carbocycles. The average molecular weight is 445 g/mol. The Balaban J connectivity index is 1.52. The van der Waals surface area contributed by atoms with Crippen molar-refractivity contribution in [3.63, 3.8) is 0 Å². The van der Waals surface area contributed by atoms with Crippen LogP contribution in [0.15, 0.2) is 48.5 Å². The van der Waals surface area contributed by atoms with E-state index in [1.165, 1.54) is 12.1 Å². The molecular formula is C24H23F4N3O. The Kier molecular flexibility index (Phi) is 6.04. The molecule has 2 aromatic carbocycles. The van der Waals surface area contributed by atoms with E-state index in [4.69, 9.17) is 0 Å². The van der Waals surface area contributed by atoms with E-state index in [0.29, 0.717) is 17.4 Å². The Bertz CT molecular complexity index is 1130. The molecule has 0 aliphatic heterocycles. The molecule has 168 valence electrons. The first-order valence-electron chi connectivity index (χ1n) is 10.5. The number of alkyl halides is 3. The van der Waals surface area contributed by atoms with Crippen molar-refractivity contribution < 1.29 is 22.4 Å². The number of carbonyl (C=O) groups excluding carboxylic acids is 1. The Morgan fingerprint density at radius 3 is 2.47 bits per heavy atom. The maximum atomic E-state index is 13.8. The number of halogens is 4. The number of amides is 1. The van der Waals surface area contributed by atoms with Crippen LogP contribution in [0.25, 0.3) is 10.9 Å². The van der Waals surface area contributed by atoms with Crippen molar-refractivity contribution in [2.24, 2.45) is 0 Å². The van der Waals surface area contributed by atoms with Crippen LogP contribution in [0.2, 0.25) is 0 Å². The number of carbonyl (C=O) groups is 1. The van der Waals surface area contributed by atoms with E-state index in [9.17, 15) is 22.4 Å². The molecule has 2 atom stereocenters. The largest absolute Gasteiger partial charge is 0.433 e. The number of hydrogen-bond acceptors (Lipinski definition) is 3. The molecule has 0 bridgehead atoms. The van der Waals surface area contributed by atoms with E-state index in [2.05, 4.69) is 15.6 Å². The van der Waals surface area contributed by atoms with Gasteiger partial charge in [0.2, 0.25) is 0 Å². The first-order valence-corrected chi connectivity index (χ1v) is 10.5. The summed E-state index contributed by atoms with van der Waals surface area (Å²) in [5.74, 6) is -0.722. The van der Waals surface area contributed by atoms with Crippen molar-refractivity contribution in [1.29, 1.82) is 0 Å². The van der Waals surface area contributed by atoms with Crippen LogP contribution < -0.4 is 10.6 Å². The van der Waals surface area contributed by atoms with Crippen LogP contribution in [0.4, 0.5) is 23.2 Å². The highest BCUT2D eigenvalue weighted by molar-refractivity contribution is 5.94. The van der Waals surface area contributed by atoms with Gasteiger partial charge in [0.1, 0.15) is 11.5 Å². The van der Waals surface area contributed by atoms with Crippen LogP contribution in [-0.4, -0.2) is 23.0 Å². The van der Waals surface area contributed by atoms with E-state index in [0.717, 1.165) is 37.0 Å². The first kappa shape index (κ1) is 22.0. The monoisotopic (exact) mass is 445 g/mol. The van der Waals surface area contributed by atoms with E-state index >= 15 is 0 Å². The third-order valence-electron chi connectivity index (χ3n) is 5.74. The molecule has 3 aromatic rings. The second kappa shape index (κ2) is 8.76. The van der Waals surface area contributed by atoms with Gasteiger partial charge in [-0.25, -0.2) is 9.37 Å². The summed E-state index contributed by atoms with van der Waals surface area (Å²) in [7, 11) is 0. The molecule has 0 radical (unpaired) electrons. The Morgan fingerprint density at radius 1 is 1.03 bits per heavy atom.